The number of carboxylic acids is 1. The lowest BCUT2D eigenvalue weighted by atomic mass is 10.2. The molecule has 1 heterocycles. The molecule has 0 fully saturated rings. The number of hydrogen-bond donors (Lipinski definition) is 3. The van der Waals surface area contributed by atoms with Gasteiger partial charge in [0.2, 0.25) is 0 Å². The van der Waals surface area contributed by atoms with Crippen molar-refractivity contribution in [2.24, 2.45) is 0 Å². The van der Waals surface area contributed by atoms with E-state index >= 15 is 0 Å². The number of rotatable bonds is 3. The first-order valence-electron chi connectivity index (χ1n) is 5.19. The Bertz CT molecular complexity index is 649. The maximum atomic E-state index is 11.0. The van der Waals surface area contributed by atoms with Gasteiger partial charge in [-0.25, -0.2) is 9.78 Å². The fourth-order valence-electron chi connectivity index (χ4n) is 1.48. The molecule has 0 unspecified atom stereocenters. The lowest BCUT2D eigenvalue weighted by Crippen LogP contribution is -2.07. The minimum Gasteiger partial charge on any atom is -0.478 e. The number of nitrogen functional groups attached to an aromatic ring is 1. The number of nitrogens with one attached hydrogen (secondary N) is 1. The number of pyridine rings is 1. The summed E-state index contributed by atoms with van der Waals surface area (Å²) in [4.78, 5) is 15.0. The van der Waals surface area contributed by atoms with E-state index in [0.29, 0.717) is 10.7 Å². The van der Waals surface area contributed by atoms with Gasteiger partial charge in [0.1, 0.15) is 0 Å². The molecule has 0 spiro atoms. The van der Waals surface area contributed by atoms with Crippen molar-refractivity contribution in [1.29, 1.82) is 0 Å². The Hall–Kier alpha value is -1.79. The maximum Gasteiger partial charge on any atom is 0.337 e. The summed E-state index contributed by atoms with van der Waals surface area (Å²) in [6, 6.07) is 6.51. The highest BCUT2D eigenvalue weighted by Crippen LogP contribution is 2.30. The molecular weight excluding hydrogens is 334 g/mol. The number of hydrogen-bond acceptors (Lipinski definition) is 4. The first-order chi connectivity index (χ1) is 8.99. The molecule has 0 aliphatic rings. The Kier molecular flexibility index (Phi) is 3.92. The van der Waals surface area contributed by atoms with Crippen molar-refractivity contribution in [3.05, 3.63) is 45.5 Å². The van der Waals surface area contributed by atoms with Gasteiger partial charge in [0.05, 0.1) is 16.9 Å². The van der Waals surface area contributed by atoms with Gasteiger partial charge in [0.25, 0.3) is 0 Å². The van der Waals surface area contributed by atoms with Crippen molar-refractivity contribution < 1.29 is 9.90 Å². The van der Waals surface area contributed by atoms with E-state index in [4.69, 9.17) is 22.4 Å². The molecular formula is C12H9BrClN3O2. The number of nitrogens with two attached hydrogens (primary N) is 1. The molecule has 0 bridgehead atoms. The van der Waals surface area contributed by atoms with E-state index in [1.807, 2.05) is 0 Å². The van der Waals surface area contributed by atoms with E-state index in [-0.39, 0.29) is 17.1 Å². The first kappa shape index (κ1) is 13.6. The van der Waals surface area contributed by atoms with Crippen LogP contribution in [0.25, 0.3) is 0 Å². The number of aromatic carboxylic acids is 1. The highest BCUT2D eigenvalue weighted by Gasteiger charge is 2.13. The van der Waals surface area contributed by atoms with E-state index in [0.717, 1.165) is 4.47 Å². The zero-order valence-electron chi connectivity index (χ0n) is 9.52. The molecule has 0 amide bonds. The molecule has 0 radical (unpaired) electrons. The lowest BCUT2D eigenvalue weighted by molar-refractivity contribution is 0.0698. The fourth-order valence-corrected chi connectivity index (χ4v) is 2.00. The van der Waals surface area contributed by atoms with Crippen LogP contribution in [0.15, 0.2) is 34.9 Å². The molecule has 0 aliphatic carbocycles. The largest absolute Gasteiger partial charge is 0.478 e. The number of aromatic nitrogens is 1. The van der Waals surface area contributed by atoms with E-state index in [2.05, 4.69) is 26.2 Å². The molecule has 7 heteroatoms. The Morgan fingerprint density at radius 1 is 1.42 bits per heavy atom. The second kappa shape index (κ2) is 5.46. The molecule has 0 saturated carbocycles. The summed E-state index contributed by atoms with van der Waals surface area (Å²) >= 11 is 9.25. The molecule has 1 aromatic carbocycles. The van der Waals surface area contributed by atoms with E-state index in [1.54, 1.807) is 18.2 Å². The molecule has 4 N–H and O–H groups in total. The average Bonchev–Trinajstić information content (AvgIpc) is 2.36. The summed E-state index contributed by atoms with van der Waals surface area (Å²) in [7, 11) is 0. The van der Waals surface area contributed by atoms with Crippen molar-refractivity contribution in [1.82, 2.24) is 4.98 Å². The first-order valence-corrected chi connectivity index (χ1v) is 6.36. The van der Waals surface area contributed by atoms with Crippen LogP contribution in [-0.2, 0) is 0 Å². The van der Waals surface area contributed by atoms with Crippen LogP contribution in [0.3, 0.4) is 0 Å². The number of carboxylic acid groups (broad SMARTS) is 1. The van der Waals surface area contributed by atoms with Crippen LogP contribution in [0.5, 0.6) is 0 Å². The molecule has 19 heavy (non-hydrogen) atoms. The predicted octanol–water partition coefficient (Wildman–Crippen LogP) is 3.52. The summed E-state index contributed by atoms with van der Waals surface area (Å²) in [6.07, 6.45) is 1.38. The Labute approximate surface area is 122 Å². The summed E-state index contributed by atoms with van der Waals surface area (Å²) in [5.41, 5.74) is 6.48. The van der Waals surface area contributed by atoms with Gasteiger partial charge in [-0.3, -0.25) is 0 Å². The van der Waals surface area contributed by atoms with Crippen LogP contribution in [0.2, 0.25) is 5.02 Å². The third kappa shape index (κ3) is 2.97. The van der Waals surface area contributed by atoms with Crippen LogP contribution in [0, 0.1) is 0 Å². The third-order valence-electron chi connectivity index (χ3n) is 2.40. The van der Waals surface area contributed by atoms with Gasteiger partial charge in [-0.05, 0) is 40.2 Å². The van der Waals surface area contributed by atoms with Gasteiger partial charge in [-0.2, -0.15) is 0 Å². The van der Waals surface area contributed by atoms with Gasteiger partial charge in [0.15, 0.2) is 5.82 Å². The van der Waals surface area contributed by atoms with E-state index in [1.165, 1.54) is 12.3 Å². The van der Waals surface area contributed by atoms with Crippen LogP contribution in [0.1, 0.15) is 10.4 Å². The molecule has 2 rings (SSSR count). The van der Waals surface area contributed by atoms with Crippen LogP contribution >= 0.6 is 27.5 Å². The standard InChI is InChI=1S/C12H9BrClN3O2/c13-8-2-1-6(14)5-9(8)17-11-10(15)7(12(18)19)3-4-16-11/h1-5H,15H2,(H,16,17)(H,18,19). The zero-order chi connectivity index (χ0) is 14.0. The zero-order valence-corrected chi connectivity index (χ0v) is 11.9. The van der Waals surface area contributed by atoms with Crippen molar-refractivity contribution in [2.45, 2.75) is 0 Å². The van der Waals surface area contributed by atoms with Crippen molar-refractivity contribution in [3.8, 4) is 0 Å². The molecule has 98 valence electrons. The number of benzene rings is 1. The Morgan fingerprint density at radius 2 is 2.16 bits per heavy atom. The molecule has 0 atom stereocenters. The summed E-state index contributed by atoms with van der Waals surface area (Å²) in [5.74, 6) is -0.837. The fraction of sp³-hybridized carbons (Fsp3) is 0. The normalized spacial score (nSPS) is 10.2. The van der Waals surface area contributed by atoms with Gasteiger partial charge in [-0.1, -0.05) is 11.6 Å². The van der Waals surface area contributed by atoms with Crippen molar-refractivity contribution in [3.63, 3.8) is 0 Å². The van der Waals surface area contributed by atoms with Gasteiger partial charge in [-0.15, -0.1) is 0 Å². The smallest absolute Gasteiger partial charge is 0.337 e. The topological polar surface area (TPSA) is 88.2 Å². The third-order valence-corrected chi connectivity index (χ3v) is 3.33. The number of anilines is 3. The quantitative estimate of drug-likeness (QED) is 0.794. The molecule has 0 aliphatic heterocycles. The van der Waals surface area contributed by atoms with Gasteiger partial charge < -0.3 is 16.2 Å². The molecule has 2 aromatic rings. The lowest BCUT2D eigenvalue weighted by Gasteiger charge is -2.11. The van der Waals surface area contributed by atoms with E-state index in [9.17, 15) is 4.79 Å². The molecule has 0 saturated heterocycles. The van der Waals surface area contributed by atoms with Crippen LogP contribution in [-0.4, -0.2) is 16.1 Å². The molecule has 1 aromatic heterocycles. The van der Waals surface area contributed by atoms with Crippen LogP contribution < -0.4 is 11.1 Å². The second-order valence-electron chi connectivity index (χ2n) is 3.68. The number of nitrogens with zero attached hydrogens (tertiary/aromatic N) is 1. The maximum absolute atomic E-state index is 11.0. The minimum atomic E-state index is -1.10. The summed E-state index contributed by atoms with van der Waals surface area (Å²) < 4.78 is 0.763. The molecule has 5 nitrogen and oxygen atoms in total. The number of halogens is 2. The van der Waals surface area contributed by atoms with E-state index < -0.39 is 5.97 Å². The Balaban J connectivity index is 2.41. The highest BCUT2D eigenvalue weighted by molar-refractivity contribution is 9.10. The SMILES string of the molecule is Nc1c(C(=O)O)ccnc1Nc1cc(Cl)ccc1Br. The van der Waals surface area contributed by atoms with Gasteiger partial charge in [0, 0.05) is 15.7 Å². The Morgan fingerprint density at radius 3 is 2.84 bits per heavy atom. The predicted molar refractivity (Wildman–Crippen MR) is 78.0 cm³/mol. The van der Waals surface area contributed by atoms with Gasteiger partial charge >= 0.3 is 5.97 Å². The van der Waals surface area contributed by atoms with Crippen LogP contribution in [0.4, 0.5) is 17.2 Å². The second-order valence-corrected chi connectivity index (χ2v) is 4.97. The van der Waals surface area contributed by atoms with Crippen molar-refractivity contribution in [2.75, 3.05) is 11.1 Å². The number of carbonyl (C=O) groups is 1. The summed E-state index contributed by atoms with van der Waals surface area (Å²) in [6.45, 7) is 0. The average molecular weight is 343 g/mol. The highest BCUT2D eigenvalue weighted by atomic mass is 79.9. The minimum absolute atomic E-state index is 0.00403. The summed E-state index contributed by atoms with van der Waals surface area (Å²) in [5, 5.41) is 12.5. The monoisotopic (exact) mass is 341 g/mol. The van der Waals surface area contributed by atoms with Crippen molar-refractivity contribution >= 4 is 50.7 Å².